The number of nitrogens with one attached hydrogen (secondary N) is 2. The predicted octanol–water partition coefficient (Wildman–Crippen LogP) is 4.38. The fourth-order valence-electron chi connectivity index (χ4n) is 2.10. The van der Waals surface area contributed by atoms with Gasteiger partial charge in [0.2, 0.25) is 5.91 Å². The molecular formula is C21H32N2O3. The first kappa shape index (κ1) is 23.4. The number of H-pyrrole nitrogens is 1. The molecule has 0 radical (unpaired) electrons. The molecule has 144 valence electrons. The summed E-state index contributed by atoms with van der Waals surface area (Å²) in [4.78, 5) is 24.9. The van der Waals surface area contributed by atoms with Gasteiger partial charge < -0.3 is 15.0 Å². The second kappa shape index (κ2) is 11.9. The van der Waals surface area contributed by atoms with E-state index in [2.05, 4.69) is 40.2 Å². The summed E-state index contributed by atoms with van der Waals surface area (Å²) >= 11 is 0. The van der Waals surface area contributed by atoms with Crippen LogP contribution in [-0.2, 0) is 14.3 Å². The highest BCUT2D eigenvalue weighted by Crippen LogP contribution is 2.18. The number of carbonyl (C=O) groups is 2. The first-order valence-corrected chi connectivity index (χ1v) is 8.81. The number of amides is 1. The number of hydrogen-bond acceptors (Lipinski definition) is 3. The van der Waals surface area contributed by atoms with E-state index < -0.39 is 5.41 Å². The highest BCUT2D eigenvalue weighted by Gasteiger charge is 2.24. The summed E-state index contributed by atoms with van der Waals surface area (Å²) in [5.41, 5.74) is 1.89. The van der Waals surface area contributed by atoms with Crippen LogP contribution < -0.4 is 5.32 Å². The maximum absolute atomic E-state index is 11.2. The molecule has 0 spiro atoms. The zero-order valence-electron chi connectivity index (χ0n) is 17.0. The fraction of sp³-hybridized carbons (Fsp3) is 0.429. The number of carbonyl (C=O) groups excluding carboxylic acids is 2. The standard InChI is InChI=1S/C10H17NO3.C9H9N.C2H6/c1-8(12)11-7-5-6-10(2,3)9(13)14-4;1-7-6-10-9-5-3-2-4-8(7)9;1-2/h5-6H,7H2,1-4H3,(H,11,12);2-6,10H,1H3;1-2H3/b6-5+;;. The van der Waals surface area contributed by atoms with Gasteiger partial charge in [-0.05, 0) is 32.4 Å². The van der Waals surface area contributed by atoms with Gasteiger partial charge in [0.05, 0.1) is 12.5 Å². The summed E-state index contributed by atoms with van der Waals surface area (Å²) in [6, 6.07) is 8.31. The van der Waals surface area contributed by atoms with Crippen LogP contribution in [0.3, 0.4) is 0 Å². The molecule has 26 heavy (non-hydrogen) atoms. The zero-order valence-corrected chi connectivity index (χ0v) is 17.0. The quantitative estimate of drug-likeness (QED) is 0.628. The van der Waals surface area contributed by atoms with E-state index >= 15 is 0 Å². The van der Waals surface area contributed by atoms with Crippen molar-refractivity contribution in [1.82, 2.24) is 10.3 Å². The van der Waals surface area contributed by atoms with Crippen LogP contribution in [0.25, 0.3) is 10.9 Å². The van der Waals surface area contributed by atoms with Crippen LogP contribution in [-0.4, -0.2) is 30.5 Å². The minimum atomic E-state index is -0.646. The monoisotopic (exact) mass is 360 g/mol. The van der Waals surface area contributed by atoms with E-state index in [1.165, 1.54) is 30.5 Å². The number of aromatic amines is 1. The lowest BCUT2D eigenvalue weighted by molar-refractivity contribution is -0.148. The third kappa shape index (κ3) is 8.01. The normalized spacial score (nSPS) is 10.4. The smallest absolute Gasteiger partial charge is 0.315 e. The highest BCUT2D eigenvalue weighted by atomic mass is 16.5. The van der Waals surface area contributed by atoms with E-state index in [4.69, 9.17) is 0 Å². The van der Waals surface area contributed by atoms with E-state index in [-0.39, 0.29) is 11.9 Å². The molecule has 1 aromatic carbocycles. The fourth-order valence-corrected chi connectivity index (χ4v) is 2.10. The number of esters is 1. The molecule has 2 rings (SSSR count). The van der Waals surface area contributed by atoms with Gasteiger partial charge in [-0.3, -0.25) is 9.59 Å². The van der Waals surface area contributed by atoms with Crippen LogP contribution >= 0.6 is 0 Å². The van der Waals surface area contributed by atoms with Gasteiger partial charge in [-0.25, -0.2) is 0 Å². The number of para-hydroxylation sites is 1. The lowest BCUT2D eigenvalue weighted by Gasteiger charge is -2.16. The van der Waals surface area contributed by atoms with Crippen molar-refractivity contribution in [2.45, 2.75) is 41.5 Å². The lowest BCUT2D eigenvalue weighted by Crippen LogP contribution is -2.24. The Labute approximate surface area is 156 Å². The van der Waals surface area contributed by atoms with Gasteiger partial charge >= 0.3 is 5.97 Å². The molecule has 0 aliphatic heterocycles. The second-order valence-electron chi connectivity index (χ2n) is 6.07. The molecule has 1 aromatic heterocycles. The van der Waals surface area contributed by atoms with Crippen LogP contribution in [0.1, 0.15) is 40.2 Å². The van der Waals surface area contributed by atoms with Gasteiger partial charge in [0, 0.05) is 30.6 Å². The molecular weight excluding hydrogens is 328 g/mol. The zero-order chi connectivity index (χ0) is 20.2. The largest absolute Gasteiger partial charge is 0.468 e. The number of ether oxygens (including phenoxy) is 1. The third-order valence-electron chi connectivity index (χ3n) is 3.51. The summed E-state index contributed by atoms with van der Waals surface area (Å²) in [7, 11) is 1.35. The second-order valence-corrected chi connectivity index (χ2v) is 6.07. The maximum atomic E-state index is 11.2. The molecule has 0 saturated carbocycles. The topological polar surface area (TPSA) is 71.2 Å². The van der Waals surface area contributed by atoms with Crippen LogP contribution in [0, 0.1) is 12.3 Å². The average molecular weight is 360 g/mol. The Balaban J connectivity index is 0.000000453. The summed E-state index contributed by atoms with van der Waals surface area (Å²) < 4.78 is 4.62. The minimum Gasteiger partial charge on any atom is -0.468 e. The molecule has 0 atom stereocenters. The van der Waals surface area contributed by atoms with E-state index in [0.29, 0.717) is 6.54 Å². The van der Waals surface area contributed by atoms with Gasteiger partial charge in [0.25, 0.3) is 0 Å². The number of aromatic nitrogens is 1. The summed E-state index contributed by atoms with van der Waals surface area (Å²) in [5.74, 6) is -0.387. The molecule has 0 fully saturated rings. The Morgan fingerprint density at radius 1 is 1.23 bits per heavy atom. The molecule has 0 aliphatic carbocycles. The van der Waals surface area contributed by atoms with Crippen molar-refractivity contribution in [2.24, 2.45) is 5.41 Å². The average Bonchev–Trinajstić information content (AvgIpc) is 3.01. The molecule has 0 aliphatic rings. The SMILES string of the molecule is CC.COC(=O)C(C)(C)/C=C/CNC(C)=O.Cc1c[nH]c2ccccc12. The number of fused-ring (bicyclic) bond motifs is 1. The van der Waals surface area contributed by atoms with Crippen molar-refractivity contribution < 1.29 is 14.3 Å². The number of benzene rings is 1. The predicted molar refractivity (Wildman–Crippen MR) is 108 cm³/mol. The van der Waals surface area contributed by atoms with Crippen LogP contribution in [0.4, 0.5) is 0 Å². The Morgan fingerprint density at radius 3 is 2.38 bits per heavy atom. The summed E-state index contributed by atoms with van der Waals surface area (Å²) in [6.07, 6.45) is 5.48. The van der Waals surface area contributed by atoms with Crippen molar-refractivity contribution in [3.8, 4) is 0 Å². The first-order chi connectivity index (χ1) is 12.3. The van der Waals surface area contributed by atoms with Crippen molar-refractivity contribution in [3.63, 3.8) is 0 Å². The number of hydrogen-bond donors (Lipinski definition) is 2. The van der Waals surface area contributed by atoms with Crippen molar-refractivity contribution >= 4 is 22.8 Å². The summed E-state index contributed by atoms with van der Waals surface area (Å²) in [6.45, 7) is 11.5. The minimum absolute atomic E-state index is 0.0921. The van der Waals surface area contributed by atoms with Crippen LogP contribution in [0.15, 0.2) is 42.6 Å². The van der Waals surface area contributed by atoms with Gasteiger partial charge in [0.15, 0.2) is 0 Å². The summed E-state index contributed by atoms with van der Waals surface area (Å²) in [5, 5.41) is 3.92. The van der Waals surface area contributed by atoms with Crippen molar-refractivity contribution in [2.75, 3.05) is 13.7 Å². The molecule has 1 heterocycles. The Hall–Kier alpha value is -2.56. The molecule has 0 unspecified atom stereocenters. The Kier molecular flexibility index (Phi) is 10.7. The number of methoxy groups -OCH3 is 1. The van der Waals surface area contributed by atoms with E-state index in [1.807, 2.05) is 26.1 Å². The Bertz CT molecular complexity index is 715. The van der Waals surface area contributed by atoms with Crippen LogP contribution in [0.2, 0.25) is 0 Å². The van der Waals surface area contributed by atoms with Gasteiger partial charge in [-0.1, -0.05) is 44.2 Å². The molecule has 5 heteroatoms. The number of aryl methyl sites for hydroxylation is 1. The highest BCUT2D eigenvalue weighted by molar-refractivity contribution is 5.82. The van der Waals surface area contributed by atoms with Gasteiger partial charge in [0.1, 0.15) is 0 Å². The molecule has 0 saturated heterocycles. The molecule has 2 N–H and O–H groups in total. The molecule has 5 nitrogen and oxygen atoms in total. The molecule has 0 bridgehead atoms. The van der Waals surface area contributed by atoms with Crippen LogP contribution in [0.5, 0.6) is 0 Å². The Morgan fingerprint density at radius 2 is 1.85 bits per heavy atom. The molecule has 2 aromatic rings. The third-order valence-corrected chi connectivity index (χ3v) is 3.51. The van der Waals surface area contributed by atoms with Crippen molar-refractivity contribution in [1.29, 1.82) is 0 Å². The van der Waals surface area contributed by atoms with Gasteiger partial charge in [-0.15, -0.1) is 0 Å². The molecule has 1 amide bonds. The first-order valence-electron chi connectivity index (χ1n) is 8.81. The maximum Gasteiger partial charge on any atom is 0.315 e. The lowest BCUT2D eigenvalue weighted by atomic mass is 9.93. The van der Waals surface area contributed by atoms with Gasteiger partial charge in [-0.2, -0.15) is 0 Å². The number of rotatable bonds is 4. The van der Waals surface area contributed by atoms with E-state index in [1.54, 1.807) is 26.0 Å². The van der Waals surface area contributed by atoms with E-state index in [9.17, 15) is 9.59 Å². The van der Waals surface area contributed by atoms with E-state index in [0.717, 1.165) is 0 Å². The van der Waals surface area contributed by atoms with Crippen molar-refractivity contribution in [3.05, 3.63) is 48.2 Å².